The number of imidazole rings is 1. The lowest BCUT2D eigenvalue weighted by Crippen LogP contribution is -2.38. The molecule has 0 bridgehead atoms. The van der Waals surface area contributed by atoms with Crippen LogP contribution in [0.2, 0.25) is 0 Å². The van der Waals surface area contributed by atoms with Crippen molar-refractivity contribution in [3.05, 3.63) is 54.1 Å². The van der Waals surface area contributed by atoms with Gasteiger partial charge in [0.25, 0.3) is 0 Å². The third kappa shape index (κ3) is 4.60. The Labute approximate surface area is 144 Å². The number of aliphatic imine (C=N–C) groups is 1. The molecule has 2 N–H and O–H groups in total. The Kier molecular flexibility index (Phi) is 5.88. The van der Waals surface area contributed by atoms with Gasteiger partial charge >= 0.3 is 0 Å². The van der Waals surface area contributed by atoms with Crippen LogP contribution in [-0.2, 0) is 13.0 Å². The second-order valence-corrected chi connectivity index (χ2v) is 6.35. The first-order chi connectivity index (χ1) is 11.8. The number of nitrogens with zero attached hydrogens (tertiary/aromatic N) is 4. The van der Waals surface area contributed by atoms with Gasteiger partial charge in [0.05, 0.1) is 0 Å². The summed E-state index contributed by atoms with van der Waals surface area (Å²) in [6.07, 6.45) is 9.76. The molecule has 5 heteroatoms. The fourth-order valence-corrected chi connectivity index (χ4v) is 3.16. The van der Waals surface area contributed by atoms with Gasteiger partial charge in [-0.1, -0.05) is 43.2 Å². The zero-order valence-electron chi connectivity index (χ0n) is 14.3. The van der Waals surface area contributed by atoms with Crippen LogP contribution in [0.5, 0.6) is 0 Å². The summed E-state index contributed by atoms with van der Waals surface area (Å²) in [4.78, 5) is 11.3. The van der Waals surface area contributed by atoms with Crippen LogP contribution in [0.15, 0.2) is 47.7 Å². The summed E-state index contributed by atoms with van der Waals surface area (Å²) in [6.45, 7) is 3.62. The second kappa shape index (κ2) is 8.52. The molecule has 1 aliphatic rings. The predicted octanol–water partition coefficient (Wildman–Crippen LogP) is 2.66. The minimum atomic E-state index is 0.689. The van der Waals surface area contributed by atoms with Gasteiger partial charge in [-0.3, -0.25) is 4.99 Å². The molecule has 1 aliphatic heterocycles. The van der Waals surface area contributed by atoms with E-state index in [0.29, 0.717) is 12.5 Å². The average molecular weight is 325 g/mol. The topological polar surface area (TPSA) is 59.4 Å². The fourth-order valence-electron chi connectivity index (χ4n) is 3.16. The van der Waals surface area contributed by atoms with E-state index < -0.39 is 0 Å². The van der Waals surface area contributed by atoms with Gasteiger partial charge in [0.2, 0.25) is 0 Å². The maximum absolute atomic E-state index is 6.17. The molecule has 2 aromatic rings. The number of likely N-dealkylation sites (tertiary alicyclic amines) is 1. The number of aromatic nitrogens is 2. The van der Waals surface area contributed by atoms with Crippen molar-refractivity contribution in [1.82, 2.24) is 14.5 Å². The van der Waals surface area contributed by atoms with E-state index in [0.717, 1.165) is 31.9 Å². The number of nitrogens with two attached hydrogens (primary N) is 1. The van der Waals surface area contributed by atoms with Crippen LogP contribution >= 0.6 is 0 Å². The fraction of sp³-hybridized carbons (Fsp3) is 0.474. The van der Waals surface area contributed by atoms with Crippen LogP contribution in [-0.4, -0.2) is 40.0 Å². The summed E-state index contributed by atoms with van der Waals surface area (Å²) in [5.41, 5.74) is 7.45. The molecular formula is C19H27N5. The van der Waals surface area contributed by atoms with Crippen LogP contribution in [0, 0.1) is 0 Å². The molecule has 2 heterocycles. The quantitative estimate of drug-likeness (QED) is 0.679. The number of hydrogen-bond acceptors (Lipinski definition) is 2. The van der Waals surface area contributed by atoms with Crippen LogP contribution < -0.4 is 5.73 Å². The minimum absolute atomic E-state index is 0.689. The first-order valence-electron chi connectivity index (χ1n) is 8.92. The highest BCUT2D eigenvalue weighted by atomic mass is 15.2. The highest BCUT2D eigenvalue weighted by Gasteiger charge is 2.11. The third-order valence-electron chi connectivity index (χ3n) is 4.54. The standard InChI is InChI=1S/C19H27N5/c20-19(23-13-6-1-2-7-14-23)22-11-10-18-21-12-15-24(18)16-17-8-4-3-5-9-17/h3-5,8-9,12,15H,1-2,6-7,10-11,13-14,16H2,(H2,20,22). The van der Waals surface area contributed by atoms with Crippen molar-refractivity contribution in [2.24, 2.45) is 10.7 Å². The third-order valence-corrected chi connectivity index (χ3v) is 4.54. The van der Waals surface area contributed by atoms with Gasteiger partial charge in [0, 0.05) is 45.0 Å². The Hall–Kier alpha value is -2.30. The minimum Gasteiger partial charge on any atom is -0.370 e. The lowest BCUT2D eigenvalue weighted by Gasteiger charge is -2.21. The smallest absolute Gasteiger partial charge is 0.191 e. The summed E-state index contributed by atoms with van der Waals surface area (Å²) in [5.74, 6) is 1.75. The SMILES string of the molecule is NC(=NCCc1nccn1Cc1ccccc1)N1CCCCCC1. The van der Waals surface area contributed by atoms with Gasteiger partial charge < -0.3 is 15.2 Å². The zero-order valence-corrected chi connectivity index (χ0v) is 14.3. The van der Waals surface area contributed by atoms with Gasteiger partial charge in [-0.25, -0.2) is 4.98 Å². The van der Waals surface area contributed by atoms with Crippen LogP contribution in [0.4, 0.5) is 0 Å². The Morgan fingerprint density at radius 1 is 1.08 bits per heavy atom. The summed E-state index contributed by atoms with van der Waals surface area (Å²) in [6, 6.07) is 10.5. The number of guanidine groups is 1. The molecule has 0 radical (unpaired) electrons. The van der Waals surface area contributed by atoms with Gasteiger partial charge in [-0.2, -0.15) is 0 Å². The van der Waals surface area contributed by atoms with Gasteiger partial charge in [-0.15, -0.1) is 0 Å². The Morgan fingerprint density at radius 3 is 2.58 bits per heavy atom. The molecule has 0 atom stereocenters. The van der Waals surface area contributed by atoms with E-state index >= 15 is 0 Å². The largest absolute Gasteiger partial charge is 0.370 e. The van der Waals surface area contributed by atoms with Gasteiger partial charge in [-0.05, 0) is 18.4 Å². The maximum Gasteiger partial charge on any atom is 0.191 e. The molecule has 24 heavy (non-hydrogen) atoms. The molecule has 1 fully saturated rings. The van der Waals surface area contributed by atoms with E-state index in [2.05, 4.69) is 43.7 Å². The van der Waals surface area contributed by atoms with Crippen molar-refractivity contribution in [3.63, 3.8) is 0 Å². The first-order valence-corrected chi connectivity index (χ1v) is 8.92. The molecule has 1 aromatic carbocycles. The molecule has 128 valence electrons. The lowest BCUT2D eigenvalue weighted by atomic mass is 10.2. The van der Waals surface area contributed by atoms with Crippen LogP contribution in [0.1, 0.15) is 37.1 Å². The van der Waals surface area contributed by atoms with E-state index in [-0.39, 0.29) is 0 Å². The van der Waals surface area contributed by atoms with E-state index in [9.17, 15) is 0 Å². The highest BCUT2D eigenvalue weighted by molar-refractivity contribution is 5.78. The summed E-state index contributed by atoms with van der Waals surface area (Å²) >= 11 is 0. The normalized spacial score (nSPS) is 16.2. The zero-order chi connectivity index (χ0) is 16.6. The van der Waals surface area contributed by atoms with E-state index in [1.54, 1.807) is 0 Å². The Bertz CT molecular complexity index is 639. The maximum atomic E-state index is 6.17. The molecule has 0 unspecified atom stereocenters. The van der Waals surface area contributed by atoms with E-state index in [1.165, 1.54) is 31.2 Å². The average Bonchev–Trinajstić information content (AvgIpc) is 2.86. The van der Waals surface area contributed by atoms with Crippen molar-refractivity contribution < 1.29 is 0 Å². The van der Waals surface area contributed by atoms with E-state index in [4.69, 9.17) is 5.73 Å². The predicted molar refractivity (Wildman–Crippen MR) is 98.0 cm³/mol. The Balaban J connectivity index is 1.55. The molecule has 0 saturated carbocycles. The number of benzene rings is 1. The van der Waals surface area contributed by atoms with Crippen molar-refractivity contribution in [3.8, 4) is 0 Å². The molecule has 0 aliphatic carbocycles. The van der Waals surface area contributed by atoms with Gasteiger partial charge in [0.15, 0.2) is 5.96 Å². The molecule has 0 amide bonds. The summed E-state index contributed by atoms with van der Waals surface area (Å²) in [7, 11) is 0. The molecular weight excluding hydrogens is 298 g/mol. The van der Waals surface area contributed by atoms with Crippen molar-refractivity contribution in [2.45, 2.75) is 38.6 Å². The number of rotatable bonds is 5. The van der Waals surface area contributed by atoms with Crippen molar-refractivity contribution in [2.75, 3.05) is 19.6 Å². The lowest BCUT2D eigenvalue weighted by molar-refractivity contribution is 0.428. The Morgan fingerprint density at radius 2 is 1.83 bits per heavy atom. The molecule has 5 nitrogen and oxygen atoms in total. The monoisotopic (exact) mass is 325 g/mol. The number of hydrogen-bond donors (Lipinski definition) is 1. The highest BCUT2D eigenvalue weighted by Crippen LogP contribution is 2.09. The molecule has 1 aromatic heterocycles. The van der Waals surface area contributed by atoms with Crippen LogP contribution in [0.25, 0.3) is 0 Å². The molecule has 0 spiro atoms. The van der Waals surface area contributed by atoms with Crippen molar-refractivity contribution >= 4 is 5.96 Å². The van der Waals surface area contributed by atoms with E-state index in [1.807, 2.05) is 18.5 Å². The first kappa shape index (κ1) is 16.6. The molecule has 3 rings (SSSR count). The summed E-state index contributed by atoms with van der Waals surface area (Å²) < 4.78 is 2.19. The second-order valence-electron chi connectivity index (χ2n) is 6.35. The summed E-state index contributed by atoms with van der Waals surface area (Å²) in [5, 5.41) is 0. The van der Waals surface area contributed by atoms with Crippen LogP contribution in [0.3, 0.4) is 0 Å². The van der Waals surface area contributed by atoms with Crippen molar-refractivity contribution in [1.29, 1.82) is 0 Å². The van der Waals surface area contributed by atoms with Gasteiger partial charge in [0.1, 0.15) is 5.82 Å². The molecule has 1 saturated heterocycles.